The minimum absolute atomic E-state index is 0.185. The largest absolute Gasteiger partial charge is 0.369 e. The third-order valence-corrected chi connectivity index (χ3v) is 6.94. The van der Waals surface area contributed by atoms with Gasteiger partial charge >= 0.3 is 0 Å². The fraction of sp³-hybridized carbons (Fsp3) is 0.480. The lowest BCUT2D eigenvalue weighted by atomic mass is 9.88. The Morgan fingerprint density at radius 2 is 1.70 bits per heavy atom. The first-order valence-electron chi connectivity index (χ1n) is 11.2. The van der Waals surface area contributed by atoms with Gasteiger partial charge in [-0.3, -0.25) is 9.69 Å². The molecule has 3 fully saturated rings. The summed E-state index contributed by atoms with van der Waals surface area (Å²) in [4.78, 5) is 19.7. The molecule has 2 aliphatic heterocycles. The maximum absolute atomic E-state index is 13.9. The summed E-state index contributed by atoms with van der Waals surface area (Å²) in [7, 11) is 0. The van der Waals surface area contributed by atoms with Gasteiger partial charge in [0.15, 0.2) is 0 Å². The van der Waals surface area contributed by atoms with Crippen LogP contribution >= 0.6 is 0 Å². The lowest BCUT2D eigenvalue weighted by Gasteiger charge is -2.37. The molecule has 0 N–H and O–H groups in total. The van der Waals surface area contributed by atoms with Crippen molar-refractivity contribution < 1.29 is 9.18 Å². The van der Waals surface area contributed by atoms with Crippen molar-refractivity contribution in [2.75, 3.05) is 50.7 Å². The summed E-state index contributed by atoms with van der Waals surface area (Å²) in [6.07, 6.45) is 2.07. The molecule has 0 bridgehead atoms. The maximum atomic E-state index is 13.9. The topological polar surface area (TPSA) is 26.8 Å². The number of hydrogen-bond donors (Lipinski definition) is 0. The van der Waals surface area contributed by atoms with E-state index in [4.69, 9.17) is 0 Å². The van der Waals surface area contributed by atoms with Crippen LogP contribution in [0.3, 0.4) is 0 Å². The van der Waals surface area contributed by atoms with Crippen molar-refractivity contribution in [1.29, 1.82) is 0 Å². The first-order chi connectivity index (χ1) is 14.7. The smallest absolute Gasteiger partial charge is 0.225 e. The number of benzene rings is 2. The van der Waals surface area contributed by atoms with Crippen LogP contribution < -0.4 is 4.90 Å². The van der Waals surface area contributed by atoms with Crippen molar-refractivity contribution in [1.82, 2.24) is 9.80 Å². The van der Waals surface area contributed by atoms with E-state index >= 15 is 0 Å². The van der Waals surface area contributed by atoms with E-state index in [-0.39, 0.29) is 17.7 Å². The lowest BCUT2D eigenvalue weighted by Crippen LogP contribution is -2.48. The molecule has 2 atom stereocenters. The van der Waals surface area contributed by atoms with E-state index in [9.17, 15) is 9.18 Å². The maximum Gasteiger partial charge on any atom is 0.225 e. The number of anilines is 1. The molecule has 4 nitrogen and oxygen atoms in total. The van der Waals surface area contributed by atoms with Crippen LogP contribution in [-0.2, 0) is 4.79 Å². The third-order valence-electron chi connectivity index (χ3n) is 6.94. The van der Waals surface area contributed by atoms with Gasteiger partial charge < -0.3 is 9.80 Å². The van der Waals surface area contributed by atoms with E-state index in [1.165, 1.54) is 11.8 Å². The number of piperazine rings is 1. The Morgan fingerprint density at radius 1 is 0.933 bits per heavy atom. The molecule has 0 spiro atoms. The minimum atomic E-state index is -0.185. The molecule has 158 valence electrons. The molecule has 1 amide bonds. The molecule has 2 saturated heterocycles. The number of halogens is 1. The van der Waals surface area contributed by atoms with E-state index in [1.807, 2.05) is 6.07 Å². The van der Waals surface area contributed by atoms with Crippen LogP contribution in [0.4, 0.5) is 10.1 Å². The van der Waals surface area contributed by atoms with Crippen LogP contribution in [0.2, 0.25) is 0 Å². The predicted molar refractivity (Wildman–Crippen MR) is 117 cm³/mol. The van der Waals surface area contributed by atoms with Gasteiger partial charge in [-0.25, -0.2) is 4.39 Å². The van der Waals surface area contributed by atoms with Crippen LogP contribution in [0.25, 0.3) is 0 Å². The highest BCUT2D eigenvalue weighted by molar-refractivity contribution is 5.81. The molecule has 1 aliphatic carbocycles. The molecule has 5 heteroatoms. The minimum Gasteiger partial charge on any atom is -0.369 e. The molecule has 0 unspecified atom stereocenters. The Morgan fingerprint density at radius 3 is 2.40 bits per heavy atom. The molecule has 0 aromatic heterocycles. The molecule has 5 rings (SSSR count). The van der Waals surface area contributed by atoms with Gasteiger partial charge in [0.05, 0.1) is 0 Å². The van der Waals surface area contributed by atoms with E-state index < -0.39 is 0 Å². The summed E-state index contributed by atoms with van der Waals surface area (Å²) in [5.74, 6) is 0.946. The average molecular weight is 408 g/mol. The van der Waals surface area contributed by atoms with Crippen LogP contribution in [-0.4, -0.2) is 61.5 Å². The fourth-order valence-electron chi connectivity index (χ4n) is 5.10. The average Bonchev–Trinajstić information content (AvgIpc) is 3.55. The highest BCUT2D eigenvalue weighted by Crippen LogP contribution is 2.38. The summed E-state index contributed by atoms with van der Waals surface area (Å²) in [6, 6.07) is 17.6. The monoisotopic (exact) mass is 407 g/mol. The second-order valence-corrected chi connectivity index (χ2v) is 9.06. The third kappa shape index (κ3) is 4.22. The predicted octanol–water partition coefficient (Wildman–Crippen LogP) is 3.60. The molecule has 2 aromatic carbocycles. The Hall–Kier alpha value is -2.40. The molecule has 1 saturated carbocycles. The number of likely N-dealkylation sites (tertiary alicyclic amines) is 1. The molecular weight excluding hydrogens is 377 g/mol. The molecule has 30 heavy (non-hydrogen) atoms. The molecular formula is C25H30FN3O. The van der Waals surface area contributed by atoms with Crippen molar-refractivity contribution in [3.8, 4) is 0 Å². The van der Waals surface area contributed by atoms with Gasteiger partial charge in [0.1, 0.15) is 5.82 Å². The Bertz CT molecular complexity index is 877. The number of para-hydroxylation sites is 1. The van der Waals surface area contributed by atoms with Gasteiger partial charge in [-0.05, 0) is 48.6 Å². The quantitative estimate of drug-likeness (QED) is 0.758. The molecule has 3 aliphatic rings. The summed E-state index contributed by atoms with van der Waals surface area (Å²) < 4.78 is 13.9. The first kappa shape index (κ1) is 19.6. The number of carbonyl (C=O) groups is 1. The highest BCUT2D eigenvalue weighted by Gasteiger charge is 2.41. The summed E-state index contributed by atoms with van der Waals surface area (Å²) >= 11 is 0. The summed E-state index contributed by atoms with van der Waals surface area (Å²) in [5, 5.41) is 0. The SMILES string of the molecule is O=C(C1CC1)N1C[C@@H](CN2CCN(c3ccccc3)CC2)[C@@H](c2cccc(F)c2)C1. The van der Waals surface area contributed by atoms with Gasteiger partial charge in [-0.1, -0.05) is 30.3 Å². The van der Waals surface area contributed by atoms with Gasteiger partial charge in [0, 0.05) is 63.3 Å². The fourth-order valence-corrected chi connectivity index (χ4v) is 5.10. The summed E-state index contributed by atoms with van der Waals surface area (Å²) in [6.45, 7) is 6.59. The number of rotatable bonds is 5. The summed E-state index contributed by atoms with van der Waals surface area (Å²) in [5.41, 5.74) is 2.32. The Balaban J connectivity index is 1.26. The van der Waals surface area contributed by atoms with E-state index in [0.717, 1.165) is 64.2 Å². The van der Waals surface area contributed by atoms with E-state index in [2.05, 4.69) is 45.0 Å². The van der Waals surface area contributed by atoms with Crippen LogP contribution in [0.1, 0.15) is 24.3 Å². The number of nitrogens with zero attached hydrogens (tertiary/aromatic N) is 3. The number of carbonyl (C=O) groups excluding carboxylic acids is 1. The number of amides is 1. The first-order valence-corrected chi connectivity index (χ1v) is 11.2. The van der Waals surface area contributed by atoms with Gasteiger partial charge in [0.25, 0.3) is 0 Å². The lowest BCUT2D eigenvalue weighted by molar-refractivity contribution is -0.131. The second kappa shape index (κ2) is 8.38. The zero-order valence-corrected chi connectivity index (χ0v) is 17.4. The van der Waals surface area contributed by atoms with Crippen LogP contribution in [0.15, 0.2) is 54.6 Å². The standard InChI is InChI=1S/C25H30FN3O/c26-22-6-4-5-20(15-22)24-18-29(25(30)19-9-10-19)17-21(24)16-27-11-13-28(14-12-27)23-7-2-1-3-8-23/h1-8,15,19,21,24H,9-14,16-18H2/t21-,24-/m1/s1. The van der Waals surface area contributed by atoms with E-state index in [0.29, 0.717) is 11.8 Å². The molecule has 0 radical (unpaired) electrons. The zero-order valence-electron chi connectivity index (χ0n) is 17.4. The zero-order chi connectivity index (χ0) is 20.5. The normalized spacial score (nSPS) is 25.0. The van der Waals surface area contributed by atoms with Crippen molar-refractivity contribution in [3.63, 3.8) is 0 Å². The van der Waals surface area contributed by atoms with Crippen LogP contribution in [0.5, 0.6) is 0 Å². The molecule has 2 heterocycles. The number of hydrogen-bond acceptors (Lipinski definition) is 3. The Labute approximate surface area is 178 Å². The van der Waals surface area contributed by atoms with Crippen molar-refractivity contribution in [3.05, 3.63) is 66.0 Å². The Kier molecular flexibility index (Phi) is 5.47. The van der Waals surface area contributed by atoms with E-state index in [1.54, 1.807) is 12.1 Å². The highest BCUT2D eigenvalue weighted by atomic mass is 19.1. The van der Waals surface area contributed by atoms with Gasteiger partial charge in [-0.2, -0.15) is 0 Å². The second-order valence-electron chi connectivity index (χ2n) is 9.06. The van der Waals surface area contributed by atoms with Crippen molar-refractivity contribution in [2.45, 2.75) is 18.8 Å². The van der Waals surface area contributed by atoms with Gasteiger partial charge in [-0.15, -0.1) is 0 Å². The van der Waals surface area contributed by atoms with Crippen molar-refractivity contribution in [2.24, 2.45) is 11.8 Å². The molecule has 2 aromatic rings. The van der Waals surface area contributed by atoms with Crippen LogP contribution in [0, 0.1) is 17.7 Å². The van der Waals surface area contributed by atoms with Crippen molar-refractivity contribution >= 4 is 11.6 Å². The van der Waals surface area contributed by atoms with Gasteiger partial charge in [0.2, 0.25) is 5.91 Å².